The minimum atomic E-state index is -0.424. The molecule has 0 aliphatic heterocycles. The van der Waals surface area contributed by atoms with Gasteiger partial charge < -0.3 is 19.1 Å². The Morgan fingerprint density at radius 1 is 0.778 bits per heavy atom. The van der Waals surface area contributed by atoms with Crippen molar-refractivity contribution in [1.82, 2.24) is 0 Å². The standard InChI is InChI=1S/C30H47NO5/c1-4-5-6-7-8-9-10-11-12-13-14-15-16-17-18-19-23-36-28-22-20-21-27(24-28)31(25-29(32)34-2)26-30(33)35-3/h8-9,11-12,20-22,24H,4-7,10,13-19,23,25-26H2,1-3H3/b9-8-,12-11-. The molecule has 0 atom stereocenters. The number of hydrogen-bond acceptors (Lipinski definition) is 6. The molecule has 0 amide bonds. The number of carbonyl (C=O) groups is 2. The quantitative estimate of drug-likeness (QED) is 0.102. The summed E-state index contributed by atoms with van der Waals surface area (Å²) in [6, 6.07) is 7.40. The SMILES string of the molecule is CCCCC/C=C\C/C=C\CCCCCCCCOc1cccc(N(CC(=O)OC)CC(=O)OC)c1. The molecular weight excluding hydrogens is 454 g/mol. The fourth-order valence-electron chi connectivity index (χ4n) is 3.73. The van der Waals surface area contributed by atoms with Crippen LogP contribution >= 0.6 is 0 Å². The first-order valence-electron chi connectivity index (χ1n) is 13.5. The largest absolute Gasteiger partial charge is 0.494 e. The molecule has 6 nitrogen and oxygen atoms in total. The van der Waals surface area contributed by atoms with Gasteiger partial charge in [-0.25, -0.2) is 0 Å². The van der Waals surface area contributed by atoms with E-state index >= 15 is 0 Å². The van der Waals surface area contributed by atoms with Crippen molar-refractivity contribution in [3.8, 4) is 5.75 Å². The minimum absolute atomic E-state index is 0.0407. The molecule has 1 aromatic carbocycles. The third-order valence-corrected chi connectivity index (χ3v) is 5.89. The van der Waals surface area contributed by atoms with Crippen molar-refractivity contribution in [2.24, 2.45) is 0 Å². The van der Waals surface area contributed by atoms with E-state index in [0.29, 0.717) is 12.3 Å². The Hall–Kier alpha value is -2.76. The second kappa shape index (κ2) is 21.5. The summed E-state index contributed by atoms with van der Waals surface area (Å²) in [5, 5.41) is 0. The smallest absolute Gasteiger partial charge is 0.325 e. The molecule has 202 valence electrons. The number of anilines is 1. The Bertz CT molecular complexity index is 756. The van der Waals surface area contributed by atoms with Gasteiger partial charge in [0, 0.05) is 11.8 Å². The summed E-state index contributed by atoms with van der Waals surface area (Å²) in [4.78, 5) is 25.1. The molecule has 0 saturated carbocycles. The molecule has 0 aromatic heterocycles. The van der Waals surface area contributed by atoms with E-state index in [4.69, 9.17) is 14.2 Å². The summed E-state index contributed by atoms with van der Waals surface area (Å²) < 4.78 is 15.4. The number of carbonyl (C=O) groups excluding carboxylic acids is 2. The molecule has 36 heavy (non-hydrogen) atoms. The number of hydrogen-bond donors (Lipinski definition) is 0. The second-order valence-electron chi connectivity index (χ2n) is 8.94. The summed E-state index contributed by atoms with van der Waals surface area (Å²) in [7, 11) is 2.65. The van der Waals surface area contributed by atoms with Gasteiger partial charge in [-0.2, -0.15) is 0 Å². The minimum Gasteiger partial charge on any atom is -0.494 e. The van der Waals surface area contributed by atoms with Crippen LogP contribution < -0.4 is 9.64 Å². The number of methoxy groups -OCH3 is 2. The molecule has 1 aromatic rings. The summed E-state index contributed by atoms with van der Waals surface area (Å²) in [5.74, 6) is -0.132. The number of allylic oxidation sites excluding steroid dienone is 4. The predicted molar refractivity (Wildman–Crippen MR) is 148 cm³/mol. The Labute approximate surface area is 218 Å². The van der Waals surface area contributed by atoms with Crippen LogP contribution in [0.3, 0.4) is 0 Å². The predicted octanol–water partition coefficient (Wildman–Crippen LogP) is 7.03. The Balaban J connectivity index is 2.18. The average Bonchev–Trinajstić information content (AvgIpc) is 2.90. The number of benzene rings is 1. The van der Waals surface area contributed by atoms with Crippen LogP contribution in [-0.4, -0.2) is 45.9 Å². The van der Waals surface area contributed by atoms with E-state index in [9.17, 15) is 9.59 Å². The van der Waals surface area contributed by atoms with Crippen LogP contribution in [-0.2, 0) is 19.1 Å². The fraction of sp³-hybridized carbons (Fsp3) is 0.600. The first-order chi connectivity index (χ1) is 17.6. The molecule has 0 fully saturated rings. The zero-order chi connectivity index (χ0) is 26.3. The van der Waals surface area contributed by atoms with Crippen LogP contribution in [0.4, 0.5) is 5.69 Å². The summed E-state index contributed by atoms with van der Waals surface area (Å²) in [6.45, 7) is 2.80. The van der Waals surface area contributed by atoms with Crippen molar-refractivity contribution in [2.75, 3.05) is 38.8 Å². The maximum atomic E-state index is 11.7. The van der Waals surface area contributed by atoms with Crippen LogP contribution in [0.5, 0.6) is 5.75 Å². The average molecular weight is 502 g/mol. The summed E-state index contributed by atoms with van der Waals surface area (Å²) in [6.07, 6.45) is 23.7. The van der Waals surface area contributed by atoms with Gasteiger partial charge in [0.15, 0.2) is 0 Å². The first kappa shape index (κ1) is 31.3. The number of ether oxygens (including phenoxy) is 3. The van der Waals surface area contributed by atoms with Crippen molar-refractivity contribution in [3.63, 3.8) is 0 Å². The highest BCUT2D eigenvalue weighted by Crippen LogP contribution is 2.22. The van der Waals surface area contributed by atoms with Crippen LogP contribution in [0.15, 0.2) is 48.6 Å². The van der Waals surface area contributed by atoms with Crippen molar-refractivity contribution in [3.05, 3.63) is 48.6 Å². The number of nitrogens with zero attached hydrogens (tertiary/aromatic N) is 1. The second-order valence-corrected chi connectivity index (χ2v) is 8.94. The molecule has 0 saturated heterocycles. The molecule has 6 heteroatoms. The molecule has 0 bridgehead atoms. The van der Waals surface area contributed by atoms with Gasteiger partial charge in [0.2, 0.25) is 0 Å². The molecular formula is C30H47NO5. The lowest BCUT2D eigenvalue weighted by Crippen LogP contribution is -2.35. The number of esters is 2. The van der Waals surface area contributed by atoms with E-state index in [-0.39, 0.29) is 13.1 Å². The third kappa shape index (κ3) is 16.0. The van der Waals surface area contributed by atoms with Gasteiger partial charge in [-0.15, -0.1) is 0 Å². The molecule has 0 heterocycles. The van der Waals surface area contributed by atoms with Gasteiger partial charge in [0.25, 0.3) is 0 Å². The number of unbranched alkanes of at least 4 members (excludes halogenated alkanes) is 9. The molecule has 0 aliphatic carbocycles. The van der Waals surface area contributed by atoms with Gasteiger partial charge in [-0.1, -0.05) is 75.8 Å². The van der Waals surface area contributed by atoms with Gasteiger partial charge in [0.1, 0.15) is 18.8 Å². The van der Waals surface area contributed by atoms with Crippen LogP contribution in [0.1, 0.15) is 84.0 Å². The molecule has 0 spiro atoms. The highest BCUT2D eigenvalue weighted by Gasteiger charge is 2.16. The lowest BCUT2D eigenvalue weighted by molar-refractivity contribution is -0.140. The van der Waals surface area contributed by atoms with Crippen LogP contribution in [0.2, 0.25) is 0 Å². The lowest BCUT2D eigenvalue weighted by Gasteiger charge is -2.22. The Morgan fingerprint density at radius 2 is 1.36 bits per heavy atom. The van der Waals surface area contributed by atoms with Gasteiger partial charge >= 0.3 is 11.9 Å². The molecule has 1 rings (SSSR count). The molecule has 0 N–H and O–H groups in total. The summed E-state index contributed by atoms with van der Waals surface area (Å²) in [5.41, 5.74) is 0.709. The maximum Gasteiger partial charge on any atom is 0.325 e. The topological polar surface area (TPSA) is 65.1 Å². The van der Waals surface area contributed by atoms with Gasteiger partial charge in [-0.05, 0) is 50.7 Å². The van der Waals surface area contributed by atoms with Crippen molar-refractivity contribution in [1.29, 1.82) is 0 Å². The van der Waals surface area contributed by atoms with Crippen molar-refractivity contribution < 1.29 is 23.8 Å². The van der Waals surface area contributed by atoms with Crippen LogP contribution in [0.25, 0.3) is 0 Å². The summed E-state index contributed by atoms with van der Waals surface area (Å²) >= 11 is 0. The van der Waals surface area contributed by atoms with Crippen molar-refractivity contribution in [2.45, 2.75) is 84.0 Å². The maximum absolute atomic E-state index is 11.7. The number of rotatable bonds is 21. The van der Waals surface area contributed by atoms with Gasteiger partial charge in [-0.3, -0.25) is 9.59 Å². The normalized spacial score (nSPS) is 11.2. The Kier molecular flexibility index (Phi) is 18.7. The third-order valence-electron chi connectivity index (χ3n) is 5.89. The van der Waals surface area contributed by atoms with E-state index < -0.39 is 11.9 Å². The van der Waals surface area contributed by atoms with Crippen molar-refractivity contribution >= 4 is 17.6 Å². The Morgan fingerprint density at radius 3 is 1.97 bits per heavy atom. The van der Waals surface area contributed by atoms with Crippen LogP contribution in [0, 0.1) is 0 Å². The van der Waals surface area contributed by atoms with E-state index in [1.165, 1.54) is 72.0 Å². The van der Waals surface area contributed by atoms with E-state index in [0.717, 1.165) is 25.0 Å². The van der Waals surface area contributed by atoms with E-state index in [2.05, 4.69) is 31.2 Å². The molecule has 0 radical (unpaired) electrons. The first-order valence-corrected chi connectivity index (χ1v) is 13.5. The zero-order valence-corrected chi connectivity index (χ0v) is 22.7. The molecule has 0 aliphatic rings. The monoisotopic (exact) mass is 501 g/mol. The zero-order valence-electron chi connectivity index (χ0n) is 22.7. The van der Waals surface area contributed by atoms with E-state index in [1.54, 1.807) is 4.90 Å². The fourth-order valence-corrected chi connectivity index (χ4v) is 3.73. The van der Waals surface area contributed by atoms with E-state index in [1.807, 2.05) is 24.3 Å². The van der Waals surface area contributed by atoms with Gasteiger partial charge in [0.05, 0.1) is 20.8 Å². The lowest BCUT2D eigenvalue weighted by atomic mass is 10.1. The highest BCUT2D eigenvalue weighted by molar-refractivity contribution is 5.81. The molecule has 0 unspecified atom stereocenters. The highest BCUT2D eigenvalue weighted by atomic mass is 16.5.